The van der Waals surface area contributed by atoms with E-state index in [0.29, 0.717) is 6.54 Å². The van der Waals surface area contributed by atoms with Gasteiger partial charge < -0.3 is 15.8 Å². The molecular weight excluding hydrogens is 240 g/mol. The van der Waals surface area contributed by atoms with E-state index in [1.807, 2.05) is 13.8 Å². The number of nitrogens with two attached hydrogens (primary N) is 1. The van der Waals surface area contributed by atoms with Crippen LogP contribution >= 0.6 is 0 Å². The highest BCUT2D eigenvalue weighted by Gasteiger charge is 2.41. The van der Waals surface area contributed by atoms with Crippen LogP contribution in [0.3, 0.4) is 0 Å². The zero-order valence-corrected chi connectivity index (χ0v) is 13.2. The molecule has 0 radical (unpaired) electrons. The van der Waals surface area contributed by atoms with Crippen molar-refractivity contribution in [3.8, 4) is 0 Å². The lowest BCUT2D eigenvalue weighted by Crippen LogP contribution is -2.44. The van der Waals surface area contributed by atoms with Crippen molar-refractivity contribution in [2.75, 3.05) is 6.54 Å². The molecule has 1 aliphatic heterocycles. The van der Waals surface area contributed by atoms with Gasteiger partial charge in [-0.15, -0.1) is 0 Å². The molecule has 1 rings (SSSR count). The van der Waals surface area contributed by atoms with Crippen molar-refractivity contribution in [3.05, 3.63) is 0 Å². The van der Waals surface area contributed by atoms with E-state index in [4.69, 9.17) is 10.5 Å². The Hall–Kier alpha value is -0.610. The second-order valence-corrected chi connectivity index (χ2v) is 7.20. The molecule has 5 atom stereocenters. The average molecular weight is 270 g/mol. The van der Waals surface area contributed by atoms with Gasteiger partial charge in [-0.2, -0.15) is 0 Å². The fourth-order valence-electron chi connectivity index (χ4n) is 2.93. The van der Waals surface area contributed by atoms with Crippen LogP contribution < -0.4 is 11.1 Å². The maximum absolute atomic E-state index is 12.2. The van der Waals surface area contributed by atoms with Crippen LogP contribution in [0.4, 0.5) is 0 Å². The van der Waals surface area contributed by atoms with Gasteiger partial charge in [-0.25, -0.2) is 0 Å². The molecule has 0 aliphatic carbocycles. The number of hydrogen-bond acceptors (Lipinski definition) is 3. The Balaban J connectivity index is 2.43. The van der Waals surface area contributed by atoms with E-state index in [1.54, 1.807) is 0 Å². The van der Waals surface area contributed by atoms with Gasteiger partial charge in [0.2, 0.25) is 5.91 Å². The van der Waals surface area contributed by atoms with Crippen molar-refractivity contribution >= 4 is 5.91 Å². The lowest BCUT2D eigenvalue weighted by Gasteiger charge is -2.24. The summed E-state index contributed by atoms with van der Waals surface area (Å²) in [7, 11) is 0. The van der Waals surface area contributed by atoms with Crippen LogP contribution in [0.15, 0.2) is 0 Å². The van der Waals surface area contributed by atoms with Gasteiger partial charge in [0.15, 0.2) is 0 Å². The van der Waals surface area contributed by atoms with Crippen molar-refractivity contribution in [1.29, 1.82) is 0 Å². The Morgan fingerprint density at radius 2 is 1.84 bits per heavy atom. The minimum atomic E-state index is -0.0585. The van der Waals surface area contributed by atoms with Crippen LogP contribution in [-0.2, 0) is 9.53 Å². The van der Waals surface area contributed by atoms with Gasteiger partial charge in [0.1, 0.15) is 0 Å². The van der Waals surface area contributed by atoms with Crippen LogP contribution in [0.25, 0.3) is 0 Å². The number of rotatable bonds is 4. The second-order valence-electron chi connectivity index (χ2n) is 7.20. The largest absolute Gasteiger partial charge is 0.374 e. The SMILES string of the molecule is CC1OC(C)C(C(=O)NCC(N)CC(C)(C)C)C1C. The van der Waals surface area contributed by atoms with E-state index in [1.165, 1.54) is 0 Å². The molecule has 0 aromatic carbocycles. The molecule has 112 valence electrons. The number of carbonyl (C=O) groups is 1. The molecule has 1 heterocycles. The lowest BCUT2D eigenvalue weighted by atomic mass is 9.87. The third kappa shape index (κ3) is 4.77. The van der Waals surface area contributed by atoms with Crippen LogP contribution in [-0.4, -0.2) is 30.7 Å². The lowest BCUT2D eigenvalue weighted by molar-refractivity contribution is -0.127. The van der Waals surface area contributed by atoms with E-state index in [0.717, 1.165) is 6.42 Å². The summed E-state index contributed by atoms with van der Waals surface area (Å²) in [5.41, 5.74) is 6.25. The van der Waals surface area contributed by atoms with Crippen LogP contribution in [0, 0.1) is 17.3 Å². The van der Waals surface area contributed by atoms with E-state index < -0.39 is 0 Å². The highest BCUT2D eigenvalue weighted by atomic mass is 16.5. The Kier molecular flexibility index (Phi) is 5.39. The minimum Gasteiger partial charge on any atom is -0.374 e. The highest BCUT2D eigenvalue weighted by molar-refractivity contribution is 5.79. The number of hydrogen-bond donors (Lipinski definition) is 2. The first-order valence-electron chi connectivity index (χ1n) is 7.30. The first-order chi connectivity index (χ1) is 8.61. The van der Waals surface area contributed by atoms with Gasteiger partial charge in [0.05, 0.1) is 18.1 Å². The summed E-state index contributed by atoms with van der Waals surface area (Å²) >= 11 is 0. The van der Waals surface area contributed by atoms with Gasteiger partial charge in [0, 0.05) is 12.6 Å². The molecule has 19 heavy (non-hydrogen) atoms. The summed E-state index contributed by atoms with van der Waals surface area (Å²) in [5.74, 6) is 0.277. The number of amides is 1. The zero-order valence-electron chi connectivity index (χ0n) is 13.2. The van der Waals surface area contributed by atoms with Gasteiger partial charge in [-0.05, 0) is 31.6 Å². The summed E-state index contributed by atoms with van der Waals surface area (Å²) in [6.07, 6.45) is 1.04. The molecule has 1 amide bonds. The summed E-state index contributed by atoms with van der Waals surface area (Å²) < 4.78 is 5.70. The molecule has 4 heteroatoms. The first kappa shape index (κ1) is 16.4. The van der Waals surface area contributed by atoms with Crippen molar-refractivity contribution < 1.29 is 9.53 Å². The Morgan fingerprint density at radius 3 is 2.26 bits per heavy atom. The van der Waals surface area contributed by atoms with Gasteiger partial charge in [-0.1, -0.05) is 27.7 Å². The monoisotopic (exact) mass is 270 g/mol. The van der Waals surface area contributed by atoms with E-state index in [2.05, 4.69) is 33.0 Å². The Bertz CT molecular complexity index is 312. The van der Waals surface area contributed by atoms with Gasteiger partial charge >= 0.3 is 0 Å². The van der Waals surface area contributed by atoms with Crippen molar-refractivity contribution in [1.82, 2.24) is 5.32 Å². The second kappa shape index (κ2) is 6.23. The number of nitrogens with one attached hydrogen (secondary N) is 1. The molecule has 4 nitrogen and oxygen atoms in total. The molecule has 0 bridgehead atoms. The maximum atomic E-state index is 12.2. The van der Waals surface area contributed by atoms with Crippen LogP contribution in [0.5, 0.6) is 0 Å². The molecule has 0 aromatic heterocycles. The highest BCUT2D eigenvalue weighted by Crippen LogP contribution is 2.32. The number of carbonyl (C=O) groups excluding carboxylic acids is 1. The molecule has 5 unspecified atom stereocenters. The van der Waals surface area contributed by atoms with E-state index in [-0.39, 0.29) is 41.4 Å². The summed E-state index contributed by atoms with van der Waals surface area (Å²) in [6, 6.07) is 0.00862. The van der Waals surface area contributed by atoms with Gasteiger partial charge in [-0.3, -0.25) is 4.79 Å². The topological polar surface area (TPSA) is 64.3 Å². The van der Waals surface area contributed by atoms with Crippen LogP contribution in [0.2, 0.25) is 0 Å². The standard InChI is InChI=1S/C15H30N2O2/c1-9-10(2)19-11(3)13(9)14(18)17-8-12(16)7-15(4,5)6/h9-13H,7-8,16H2,1-6H3,(H,17,18). The third-order valence-electron chi connectivity index (χ3n) is 3.96. The Morgan fingerprint density at radius 1 is 1.26 bits per heavy atom. The fraction of sp³-hybridized carbons (Fsp3) is 0.933. The molecule has 1 aliphatic rings. The van der Waals surface area contributed by atoms with Crippen molar-refractivity contribution in [3.63, 3.8) is 0 Å². The van der Waals surface area contributed by atoms with E-state index in [9.17, 15) is 4.79 Å². The third-order valence-corrected chi connectivity index (χ3v) is 3.96. The summed E-state index contributed by atoms with van der Waals surface area (Å²) in [6.45, 7) is 13.1. The molecule has 0 aromatic rings. The van der Waals surface area contributed by atoms with Gasteiger partial charge in [0.25, 0.3) is 0 Å². The molecule has 1 fully saturated rings. The summed E-state index contributed by atoms with van der Waals surface area (Å²) in [5, 5.41) is 2.98. The molecule has 0 saturated carbocycles. The average Bonchev–Trinajstić information content (AvgIpc) is 2.47. The molecule has 0 spiro atoms. The van der Waals surface area contributed by atoms with Crippen LogP contribution in [0.1, 0.15) is 48.0 Å². The zero-order chi connectivity index (χ0) is 14.8. The molecule has 1 saturated heterocycles. The van der Waals surface area contributed by atoms with Crippen molar-refractivity contribution in [2.24, 2.45) is 23.0 Å². The Labute approximate surface area is 117 Å². The predicted octanol–water partition coefficient (Wildman–Crippen LogP) is 1.93. The quantitative estimate of drug-likeness (QED) is 0.820. The number of ether oxygens (including phenoxy) is 1. The smallest absolute Gasteiger partial charge is 0.226 e. The molecular formula is C15H30N2O2. The normalized spacial score (nSPS) is 33.2. The maximum Gasteiger partial charge on any atom is 0.226 e. The minimum absolute atomic E-state index is 0.00862. The summed E-state index contributed by atoms with van der Waals surface area (Å²) in [4.78, 5) is 12.2. The van der Waals surface area contributed by atoms with E-state index >= 15 is 0 Å². The molecule has 3 N–H and O–H groups in total. The predicted molar refractivity (Wildman–Crippen MR) is 77.7 cm³/mol. The van der Waals surface area contributed by atoms with Crippen molar-refractivity contribution in [2.45, 2.75) is 66.2 Å². The fourth-order valence-corrected chi connectivity index (χ4v) is 2.93. The first-order valence-corrected chi connectivity index (χ1v) is 7.30.